The molecule has 1 aromatic rings. The third kappa shape index (κ3) is 2.97. The summed E-state index contributed by atoms with van der Waals surface area (Å²) >= 11 is 0. The van der Waals surface area contributed by atoms with Gasteiger partial charge in [-0.3, -0.25) is 5.32 Å². The minimum absolute atomic E-state index is 0.612. The number of benzene rings is 1. The molecule has 0 spiro atoms. The van der Waals surface area contributed by atoms with Crippen LogP contribution in [0.4, 0.5) is 0 Å². The van der Waals surface area contributed by atoms with E-state index in [9.17, 15) is 5.26 Å². The Kier molecular flexibility index (Phi) is 4.57. The number of hydrogen-bond acceptors (Lipinski definition) is 3. The van der Waals surface area contributed by atoms with Crippen molar-refractivity contribution in [2.45, 2.75) is 37.3 Å². The number of likely N-dealkylation sites (N-methyl/N-ethyl adjacent to an activating group) is 2. The summed E-state index contributed by atoms with van der Waals surface area (Å²) < 4.78 is 0. The SMILES string of the molecule is CNC(C#N)(CN(C)C1CCCC1)c1ccccc1. The second-order valence-corrected chi connectivity index (χ2v) is 5.49. The molecule has 102 valence electrons. The first-order valence-electron chi connectivity index (χ1n) is 7.08. The molecular weight excluding hydrogens is 234 g/mol. The van der Waals surface area contributed by atoms with Gasteiger partial charge in [0.05, 0.1) is 6.07 Å². The van der Waals surface area contributed by atoms with Crippen molar-refractivity contribution < 1.29 is 0 Å². The molecule has 1 fully saturated rings. The van der Waals surface area contributed by atoms with Crippen LogP contribution in [0.15, 0.2) is 30.3 Å². The van der Waals surface area contributed by atoms with Crippen molar-refractivity contribution in [1.29, 1.82) is 5.26 Å². The molecule has 0 radical (unpaired) electrons. The van der Waals surface area contributed by atoms with Crippen molar-refractivity contribution in [3.8, 4) is 6.07 Å². The van der Waals surface area contributed by atoms with Crippen LogP contribution in [0.2, 0.25) is 0 Å². The van der Waals surface area contributed by atoms with Gasteiger partial charge in [-0.25, -0.2) is 0 Å². The molecule has 1 atom stereocenters. The maximum Gasteiger partial charge on any atom is 0.144 e. The van der Waals surface area contributed by atoms with Crippen LogP contribution < -0.4 is 5.32 Å². The van der Waals surface area contributed by atoms with Crippen molar-refractivity contribution in [3.05, 3.63) is 35.9 Å². The van der Waals surface area contributed by atoms with Gasteiger partial charge in [0.1, 0.15) is 5.54 Å². The molecular formula is C16H23N3. The van der Waals surface area contributed by atoms with Crippen LogP contribution in [0.5, 0.6) is 0 Å². The van der Waals surface area contributed by atoms with E-state index in [1.807, 2.05) is 37.4 Å². The summed E-state index contributed by atoms with van der Waals surface area (Å²) in [5.74, 6) is 0. The van der Waals surface area contributed by atoms with Crippen LogP contribution in [0.1, 0.15) is 31.2 Å². The Morgan fingerprint density at radius 1 is 1.32 bits per heavy atom. The molecule has 1 unspecified atom stereocenters. The fourth-order valence-electron chi connectivity index (χ4n) is 3.04. The van der Waals surface area contributed by atoms with Gasteiger partial charge in [-0.1, -0.05) is 43.2 Å². The number of nitriles is 1. The molecule has 1 aliphatic carbocycles. The third-order valence-electron chi connectivity index (χ3n) is 4.32. The zero-order valence-electron chi connectivity index (χ0n) is 11.9. The Balaban J connectivity index is 2.18. The highest BCUT2D eigenvalue weighted by Crippen LogP contribution is 2.27. The molecule has 0 bridgehead atoms. The van der Waals surface area contributed by atoms with Gasteiger partial charge < -0.3 is 4.90 Å². The normalized spacial score (nSPS) is 19.3. The standard InChI is InChI=1S/C16H23N3/c1-18-16(12-17,14-8-4-3-5-9-14)13-19(2)15-10-6-7-11-15/h3-5,8-9,15,18H,6-7,10-11,13H2,1-2H3. The summed E-state index contributed by atoms with van der Waals surface area (Å²) in [6.45, 7) is 0.731. The molecule has 1 aliphatic rings. The topological polar surface area (TPSA) is 39.1 Å². The lowest BCUT2D eigenvalue weighted by atomic mass is 9.90. The van der Waals surface area contributed by atoms with Gasteiger partial charge in [-0.05, 0) is 32.5 Å². The van der Waals surface area contributed by atoms with E-state index < -0.39 is 5.54 Å². The Morgan fingerprint density at radius 3 is 2.47 bits per heavy atom. The fraction of sp³-hybridized carbons (Fsp3) is 0.562. The van der Waals surface area contributed by atoms with E-state index in [0.29, 0.717) is 6.04 Å². The minimum Gasteiger partial charge on any atom is -0.300 e. The van der Waals surface area contributed by atoms with Crippen molar-refractivity contribution >= 4 is 0 Å². The maximum atomic E-state index is 9.68. The monoisotopic (exact) mass is 257 g/mol. The van der Waals surface area contributed by atoms with E-state index in [4.69, 9.17) is 0 Å². The predicted octanol–water partition coefficient (Wildman–Crippen LogP) is 2.50. The van der Waals surface area contributed by atoms with Crippen LogP contribution >= 0.6 is 0 Å². The molecule has 1 N–H and O–H groups in total. The third-order valence-corrected chi connectivity index (χ3v) is 4.32. The molecule has 0 aromatic heterocycles. The van der Waals surface area contributed by atoms with Crippen LogP contribution in [-0.2, 0) is 5.54 Å². The van der Waals surface area contributed by atoms with Crippen LogP contribution in [0.25, 0.3) is 0 Å². The van der Waals surface area contributed by atoms with Crippen LogP contribution in [0.3, 0.4) is 0 Å². The molecule has 0 saturated heterocycles. The average molecular weight is 257 g/mol. The van der Waals surface area contributed by atoms with E-state index in [0.717, 1.165) is 12.1 Å². The number of nitrogens with one attached hydrogen (secondary N) is 1. The minimum atomic E-state index is -0.612. The first-order valence-corrected chi connectivity index (χ1v) is 7.08. The molecule has 0 aliphatic heterocycles. The second-order valence-electron chi connectivity index (χ2n) is 5.49. The van der Waals surface area contributed by atoms with Crippen molar-refractivity contribution in [2.75, 3.05) is 20.6 Å². The van der Waals surface area contributed by atoms with E-state index in [1.54, 1.807) is 0 Å². The van der Waals surface area contributed by atoms with Crippen molar-refractivity contribution in [2.24, 2.45) is 0 Å². The maximum absolute atomic E-state index is 9.68. The molecule has 0 amide bonds. The predicted molar refractivity (Wildman–Crippen MR) is 77.7 cm³/mol. The highest BCUT2D eigenvalue weighted by molar-refractivity contribution is 5.32. The molecule has 2 rings (SSSR count). The number of rotatable bonds is 5. The average Bonchev–Trinajstić information content (AvgIpc) is 3.00. The Labute approximate surface area is 116 Å². The number of hydrogen-bond donors (Lipinski definition) is 1. The van der Waals surface area contributed by atoms with Gasteiger partial charge in [0.2, 0.25) is 0 Å². The van der Waals surface area contributed by atoms with E-state index >= 15 is 0 Å². The lowest BCUT2D eigenvalue weighted by Crippen LogP contribution is -2.49. The first-order chi connectivity index (χ1) is 9.22. The highest BCUT2D eigenvalue weighted by Gasteiger charge is 2.34. The fourth-order valence-corrected chi connectivity index (χ4v) is 3.04. The largest absolute Gasteiger partial charge is 0.300 e. The molecule has 1 saturated carbocycles. The van der Waals surface area contributed by atoms with Gasteiger partial charge in [0.15, 0.2) is 0 Å². The van der Waals surface area contributed by atoms with Gasteiger partial charge in [0.25, 0.3) is 0 Å². The van der Waals surface area contributed by atoms with E-state index in [-0.39, 0.29) is 0 Å². The quantitative estimate of drug-likeness (QED) is 0.881. The van der Waals surface area contributed by atoms with Gasteiger partial charge in [-0.2, -0.15) is 5.26 Å². The molecule has 0 heterocycles. The highest BCUT2D eigenvalue weighted by atomic mass is 15.2. The second kappa shape index (κ2) is 6.18. The van der Waals surface area contributed by atoms with Gasteiger partial charge in [0, 0.05) is 12.6 Å². The zero-order chi connectivity index (χ0) is 13.7. The molecule has 3 nitrogen and oxygen atoms in total. The summed E-state index contributed by atoms with van der Waals surface area (Å²) in [5.41, 5.74) is 0.434. The number of nitrogens with zero attached hydrogens (tertiary/aromatic N) is 2. The van der Waals surface area contributed by atoms with Crippen LogP contribution in [0, 0.1) is 11.3 Å². The summed E-state index contributed by atoms with van der Waals surface area (Å²) in [6, 6.07) is 13.1. The molecule has 3 heteroatoms. The molecule has 1 aromatic carbocycles. The summed E-state index contributed by atoms with van der Waals surface area (Å²) in [6.07, 6.45) is 5.16. The smallest absolute Gasteiger partial charge is 0.144 e. The lowest BCUT2D eigenvalue weighted by Gasteiger charge is -2.34. The summed E-state index contributed by atoms with van der Waals surface area (Å²) in [4.78, 5) is 2.35. The first kappa shape index (κ1) is 14.0. The van der Waals surface area contributed by atoms with Gasteiger partial charge >= 0.3 is 0 Å². The van der Waals surface area contributed by atoms with Crippen LogP contribution in [-0.4, -0.2) is 31.6 Å². The van der Waals surface area contributed by atoms with Crippen molar-refractivity contribution in [1.82, 2.24) is 10.2 Å². The Bertz CT molecular complexity index is 431. The van der Waals surface area contributed by atoms with Gasteiger partial charge in [-0.15, -0.1) is 0 Å². The van der Waals surface area contributed by atoms with Crippen molar-refractivity contribution in [3.63, 3.8) is 0 Å². The van der Waals surface area contributed by atoms with E-state index in [1.165, 1.54) is 25.7 Å². The Hall–Kier alpha value is -1.37. The zero-order valence-corrected chi connectivity index (χ0v) is 11.9. The lowest BCUT2D eigenvalue weighted by molar-refractivity contribution is 0.196. The molecule has 19 heavy (non-hydrogen) atoms. The Morgan fingerprint density at radius 2 is 1.95 bits per heavy atom. The summed E-state index contributed by atoms with van der Waals surface area (Å²) in [5, 5.41) is 12.9. The van der Waals surface area contributed by atoms with E-state index in [2.05, 4.69) is 23.3 Å². The summed E-state index contributed by atoms with van der Waals surface area (Å²) in [7, 11) is 4.01.